The zero-order valence-corrected chi connectivity index (χ0v) is 8.05. The van der Waals surface area contributed by atoms with Crippen molar-refractivity contribution in [2.45, 2.75) is 37.6 Å². The van der Waals surface area contributed by atoms with E-state index in [4.69, 9.17) is 5.26 Å². The largest absolute Gasteiger partial charge is 0.441 e. The zero-order valence-electron chi connectivity index (χ0n) is 7.23. The van der Waals surface area contributed by atoms with Gasteiger partial charge in [0.05, 0.1) is 6.07 Å². The second kappa shape index (κ2) is 7.07. The van der Waals surface area contributed by atoms with Gasteiger partial charge in [0.1, 0.15) is 0 Å². The molecule has 0 heterocycles. The first-order chi connectivity index (χ1) is 6.06. The molecule has 0 aromatic carbocycles. The first-order valence-corrected chi connectivity index (χ1v) is 5.12. The van der Waals surface area contributed by atoms with Crippen molar-refractivity contribution in [1.29, 1.82) is 5.26 Å². The van der Waals surface area contributed by atoms with Crippen LogP contribution < -0.4 is 0 Å². The molecule has 0 spiro atoms. The van der Waals surface area contributed by atoms with E-state index in [2.05, 4.69) is 0 Å². The molecule has 0 atom stereocenters. The minimum atomic E-state index is -4.09. The molecule has 0 saturated heterocycles. The Hall–Kier alpha value is -0.370. The molecular formula is C8H12F3NS. The van der Waals surface area contributed by atoms with Crippen molar-refractivity contribution in [3.8, 4) is 6.07 Å². The second-order valence-corrected chi connectivity index (χ2v) is 3.78. The molecule has 0 amide bonds. The van der Waals surface area contributed by atoms with Crippen molar-refractivity contribution in [2.24, 2.45) is 0 Å². The van der Waals surface area contributed by atoms with Gasteiger partial charge in [0.25, 0.3) is 0 Å². The predicted molar refractivity (Wildman–Crippen MR) is 47.2 cm³/mol. The summed E-state index contributed by atoms with van der Waals surface area (Å²) in [6.07, 6.45) is 3.52. The van der Waals surface area contributed by atoms with Gasteiger partial charge in [0.2, 0.25) is 0 Å². The van der Waals surface area contributed by atoms with E-state index >= 15 is 0 Å². The fourth-order valence-electron chi connectivity index (χ4n) is 0.848. The van der Waals surface area contributed by atoms with Crippen LogP contribution in [-0.4, -0.2) is 11.3 Å². The second-order valence-electron chi connectivity index (χ2n) is 2.62. The lowest BCUT2D eigenvalue weighted by Crippen LogP contribution is -2.01. The topological polar surface area (TPSA) is 23.8 Å². The summed E-state index contributed by atoms with van der Waals surface area (Å²) in [7, 11) is 0. The molecule has 0 aromatic heterocycles. The van der Waals surface area contributed by atoms with Gasteiger partial charge in [-0.15, -0.1) is 0 Å². The lowest BCUT2D eigenvalue weighted by Gasteiger charge is -2.04. The highest BCUT2D eigenvalue weighted by Crippen LogP contribution is 2.30. The normalized spacial score (nSPS) is 11.2. The highest BCUT2D eigenvalue weighted by Gasteiger charge is 2.27. The Labute approximate surface area is 80.3 Å². The van der Waals surface area contributed by atoms with Crippen LogP contribution in [0.4, 0.5) is 13.2 Å². The molecule has 0 aromatic rings. The number of rotatable bonds is 6. The summed E-state index contributed by atoms with van der Waals surface area (Å²) >= 11 is 0.0324. The molecule has 0 aliphatic rings. The molecule has 0 radical (unpaired) electrons. The van der Waals surface area contributed by atoms with E-state index in [0.29, 0.717) is 12.8 Å². The smallest absolute Gasteiger partial charge is 0.198 e. The number of halogens is 3. The third kappa shape index (κ3) is 11.6. The van der Waals surface area contributed by atoms with Gasteiger partial charge in [-0.05, 0) is 12.8 Å². The lowest BCUT2D eigenvalue weighted by molar-refractivity contribution is -0.0328. The summed E-state index contributed by atoms with van der Waals surface area (Å²) in [5.74, 6) is 0.135. The van der Waals surface area contributed by atoms with Crippen LogP contribution in [0.1, 0.15) is 32.1 Å². The molecular weight excluding hydrogens is 199 g/mol. The number of alkyl halides is 3. The van der Waals surface area contributed by atoms with E-state index in [0.717, 1.165) is 19.3 Å². The molecule has 0 aliphatic carbocycles. The van der Waals surface area contributed by atoms with Crippen molar-refractivity contribution >= 4 is 11.8 Å². The van der Waals surface area contributed by atoms with Crippen LogP contribution in [-0.2, 0) is 0 Å². The maximum atomic E-state index is 11.6. The first kappa shape index (κ1) is 12.6. The molecule has 0 bridgehead atoms. The first-order valence-electron chi connectivity index (χ1n) is 4.14. The van der Waals surface area contributed by atoms with Crippen LogP contribution in [0.15, 0.2) is 0 Å². The van der Waals surface area contributed by atoms with Crippen LogP contribution >= 0.6 is 11.8 Å². The maximum absolute atomic E-state index is 11.6. The Kier molecular flexibility index (Phi) is 6.87. The van der Waals surface area contributed by atoms with E-state index < -0.39 is 5.51 Å². The highest BCUT2D eigenvalue weighted by molar-refractivity contribution is 8.00. The third-order valence-corrected chi connectivity index (χ3v) is 2.27. The standard InChI is InChI=1S/C8H12F3NS/c9-8(10,11)13-7-5-3-1-2-4-6-12/h1-5,7H2. The number of thioether (sulfide) groups is 1. The quantitative estimate of drug-likeness (QED) is 0.625. The van der Waals surface area contributed by atoms with E-state index in [1.807, 2.05) is 6.07 Å². The SMILES string of the molecule is N#CCCCCCCSC(F)(F)F. The summed E-state index contributed by atoms with van der Waals surface area (Å²) in [5.41, 5.74) is -4.09. The van der Waals surface area contributed by atoms with Crippen LogP contribution in [0, 0.1) is 11.3 Å². The molecule has 0 aliphatic heterocycles. The van der Waals surface area contributed by atoms with Crippen LogP contribution in [0.5, 0.6) is 0 Å². The number of nitrogens with zero attached hydrogens (tertiary/aromatic N) is 1. The van der Waals surface area contributed by atoms with Crippen molar-refractivity contribution in [1.82, 2.24) is 0 Å². The molecule has 0 rings (SSSR count). The summed E-state index contributed by atoms with van der Waals surface area (Å²) in [6.45, 7) is 0. The summed E-state index contributed by atoms with van der Waals surface area (Å²) in [5, 5.41) is 8.17. The van der Waals surface area contributed by atoms with Gasteiger partial charge in [-0.1, -0.05) is 24.6 Å². The Balaban J connectivity index is 3.05. The van der Waals surface area contributed by atoms with Crippen LogP contribution in [0.3, 0.4) is 0 Å². The predicted octanol–water partition coefficient (Wildman–Crippen LogP) is 3.71. The highest BCUT2D eigenvalue weighted by atomic mass is 32.2. The molecule has 5 heteroatoms. The van der Waals surface area contributed by atoms with Gasteiger partial charge in [0.15, 0.2) is 0 Å². The fourth-order valence-corrected chi connectivity index (χ4v) is 1.43. The lowest BCUT2D eigenvalue weighted by atomic mass is 10.2. The van der Waals surface area contributed by atoms with E-state index in [1.165, 1.54) is 0 Å². The third-order valence-electron chi connectivity index (χ3n) is 1.45. The molecule has 0 N–H and O–H groups in total. The van der Waals surface area contributed by atoms with E-state index in [-0.39, 0.29) is 17.5 Å². The van der Waals surface area contributed by atoms with Crippen molar-refractivity contribution in [3.63, 3.8) is 0 Å². The Bertz CT molecular complexity index is 162. The maximum Gasteiger partial charge on any atom is 0.441 e. The summed E-state index contributed by atoms with van der Waals surface area (Å²) in [4.78, 5) is 0. The summed E-state index contributed by atoms with van der Waals surface area (Å²) in [6, 6.07) is 2.00. The Morgan fingerprint density at radius 3 is 2.23 bits per heavy atom. The summed E-state index contributed by atoms with van der Waals surface area (Å²) < 4.78 is 34.8. The molecule has 76 valence electrons. The molecule has 0 saturated carbocycles. The van der Waals surface area contributed by atoms with Gasteiger partial charge in [-0.25, -0.2) is 0 Å². The van der Waals surface area contributed by atoms with Crippen LogP contribution in [0.2, 0.25) is 0 Å². The molecule has 0 fully saturated rings. The number of hydrogen-bond acceptors (Lipinski definition) is 2. The van der Waals surface area contributed by atoms with Gasteiger partial charge < -0.3 is 0 Å². The monoisotopic (exact) mass is 211 g/mol. The minimum absolute atomic E-state index is 0.0324. The zero-order chi connectivity index (χ0) is 10.2. The van der Waals surface area contributed by atoms with Crippen molar-refractivity contribution in [3.05, 3.63) is 0 Å². The van der Waals surface area contributed by atoms with Gasteiger partial charge in [-0.2, -0.15) is 18.4 Å². The van der Waals surface area contributed by atoms with Crippen molar-refractivity contribution in [2.75, 3.05) is 5.75 Å². The number of hydrogen-bond donors (Lipinski definition) is 0. The number of unbranched alkanes of at least 4 members (excludes halogenated alkanes) is 4. The van der Waals surface area contributed by atoms with Crippen LogP contribution in [0.25, 0.3) is 0 Å². The molecule has 1 nitrogen and oxygen atoms in total. The Morgan fingerprint density at radius 2 is 1.69 bits per heavy atom. The van der Waals surface area contributed by atoms with Crippen molar-refractivity contribution < 1.29 is 13.2 Å². The van der Waals surface area contributed by atoms with Gasteiger partial charge in [-0.3, -0.25) is 0 Å². The van der Waals surface area contributed by atoms with E-state index in [1.54, 1.807) is 0 Å². The molecule has 13 heavy (non-hydrogen) atoms. The molecule has 0 unspecified atom stereocenters. The fraction of sp³-hybridized carbons (Fsp3) is 0.875. The average Bonchev–Trinajstić information content (AvgIpc) is 2.01. The van der Waals surface area contributed by atoms with Gasteiger partial charge >= 0.3 is 5.51 Å². The van der Waals surface area contributed by atoms with E-state index in [9.17, 15) is 13.2 Å². The number of nitriles is 1. The Morgan fingerprint density at radius 1 is 1.08 bits per heavy atom. The average molecular weight is 211 g/mol. The minimum Gasteiger partial charge on any atom is -0.198 e. The van der Waals surface area contributed by atoms with Gasteiger partial charge in [0, 0.05) is 12.2 Å².